The number of hydrogen-bond acceptors (Lipinski definition) is 5. The molecule has 1 aromatic rings. The number of rotatable bonds is 3. The summed E-state index contributed by atoms with van der Waals surface area (Å²) in [7, 11) is -1.46. The van der Waals surface area contributed by atoms with Crippen molar-refractivity contribution in [3.63, 3.8) is 0 Å². The highest BCUT2D eigenvalue weighted by Crippen LogP contribution is 2.01. The third-order valence-electron chi connectivity index (χ3n) is 1.41. The van der Waals surface area contributed by atoms with E-state index in [0.717, 1.165) is 0 Å². The Hall–Kier alpha value is -1.08. The van der Waals surface area contributed by atoms with E-state index < -0.39 is 7.12 Å². The average molecular weight is 168 g/mol. The maximum absolute atomic E-state index is 8.71. The van der Waals surface area contributed by atoms with Gasteiger partial charge >= 0.3 is 7.12 Å². The number of nitrogens with one attached hydrogen (secondary N) is 2. The summed E-state index contributed by atoms with van der Waals surface area (Å²) in [6, 6.07) is 6.25. The largest absolute Gasteiger partial charge is 0.488 e. The fourth-order valence-corrected chi connectivity index (χ4v) is 0.803. The zero-order chi connectivity index (χ0) is 8.97. The van der Waals surface area contributed by atoms with Gasteiger partial charge in [0, 0.05) is 0 Å². The molecule has 6 heteroatoms. The van der Waals surface area contributed by atoms with Crippen LogP contribution >= 0.6 is 0 Å². The molecule has 0 atom stereocenters. The van der Waals surface area contributed by atoms with Gasteiger partial charge in [-0.05, 0) is 17.6 Å². The van der Waals surface area contributed by atoms with Crippen LogP contribution in [0.5, 0.6) is 0 Å². The lowest BCUT2D eigenvalue weighted by Crippen LogP contribution is -2.29. The predicted molar refractivity (Wildman–Crippen MR) is 44.8 cm³/mol. The van der Waals surface area contributed by atoms with E-state index >= 15 is 0 Å². The van der Waals surface area contributed by atoms with E-state index in [1.54, 1.807) is 17.7 Å². The first-order chi connectivity index (χ1) is 5.74. The molecule has 0 saturated carbocycles. The van der Waals surface area contributed by atoms with Crippen LogP contribution in [0, 0.1) is 0 Å². The van der Waals surface area contributed by atoms with Gasteiger partial charge in [-0.2, -0.15) is 0 Å². The predicted octanol–water partition coefficient (Wildman–Crippen LogP) is -1.33. The Bertz CT molecular complexity index is 239. The van der Waals surface area contributed by atoms with Crippen LogP contribution in [0.2, 0.25) is 0 Å². The van der Waals surface area contributed by atoms with Crippen molar-refractivity contribution in [1.82, 2.24) is 5.59 Å². The van der Waals surface area contributed by atoms with Gasteiger partial charge in [-0.3, -0.25) is 10.6 Å². The van der Waals surface area contributed by atoms with Gasteiger partial charge < -0.3 is 10.0 Å². The van der Waals surface area contributed by atoms with E-state index in [9.17, 15) is 0 Å². The normalized spacial score (nSPS) is 9.58. The molecule has 0 radical (unpaired) electrons. The molecule has 0 spiro atoms. The summed E-state index contributed by atoms with van der Waals surface area (Å²) >= 11 is 0. The number of hydrazine groups is 1. The zero-order valence-electron chi connectivity index (χ0n) is 6.23. The van der Waals surface area contributed by atoms with Crippen LogP contribution in [-0.2, 0) is 0 Å². The first kappa shape index (κ1) is 9.02. The van der Waals surface area contributed by atoms with E-state index in [-0.39, 0.29) is 0 Å². The van der Waals surface area contributed by atoms with Gasteiger partial charge in [0.1, 0.15) is 0 Å². The lowest BCUT2D eigenvalue weighted by Gasteiger charge is -2.03. The highest BCUT2D eigenvalue weighted by atomic mass is 16.5. The molecule has 5 N–H and O–H groups in total. The molecule has 1 rings (SSSR count). The highest BCUT2D eigenvalue weighted by Gasteiger charge is 2.09. The van der Waals surface area contributed by atoms with Crippen LogP contribution < -0.4 is 16.5 Å². The second-order valence-electron chi connectivity index (χ2n) is 2.23. The first-order valence-corrected chi connectivity index (χ1v) is 3.35. The standard InChI is InChI=1S/C6H9BN2O3/c10-7(11)5-1-3-6(4-2-5)8-9-12/h1-4,8-12H. The smallest absolute Gasteiger partial charge is 0.423 e. The van der Waals surface area contributed by atoms with Crippen LogP contribution in [0.1, 0.15) is 0 Å². The summed E-state index contributed by atoms with van der Waals surface area (Å²) in [5.74, 6) is 0. The van der Waals surface area contributed by atoms with Gasteiger partial charge in [0.15, 0.2) is 0 Å². The Morgan fingerprint density at radius 1 is 1.08 bits per heavy atom. The molecule has 0 bridgehead atoms. The van der Waals surface area contributed by atoms with E-state index in [2.05, 4.69) is 5.43 Å². The van der Waals surface area contributed by atoms with E-state index in [1.807, 2.05) is 0 Å². The van der Waals surface area contributed by atoms with E-state index in [0.29, 0.717) is 11.2 Å². The molecule has 0 aliphatic carbocycles. The van der Waals surface area contributed by atoms with Crippen molar-refractivity contribution in [3.05, 3.63) is 24.3 Å². The Kier molecular flexibility index (Phi) is 3.06. The van der Waals surface area contributed by atoms with Crippen LogP contribution in [-0.4, -0.2) is 22.4 Å². The Morgan fingerprint density at radius 3 is 2.08 bits per heavy atom. The molecular formula is C6H9BN2O3. The van der Waals surface area contributed by atoms with Gasteiger partial charge in [0.25, 0.3) is 0 Å². The van der Waals surface area contributed by atoms with Crippen molar-refractivity contribution >= 4 is 18.3 Å². The minimum absolute atomic E-state index is 0.401. The Morgan fingerprint density at radius 2 is 1.67 bits per heavy atom. The van der Waals surface area contributed by atoms with Crippen molar-refractivity contribution in [2.45, 2.75) is 0 Å². The highest BCUT2D eigenvalue weighted by molar-refractivity contribution is 6.58. The SMILES string of the molecule is ONNc1ccc(B(O)O)cc1. The van der Waals surface area contributed by atoms with Crippen molar-refractivity contribution < 1.29 is 15.3 Å². The lowest BCUT2D eigenvalue weighted by atomic mass is 9.80. The summed E-state index contributed by atoms with van der Waals surface area (Å²) in [6.07, 6.45) is 0. The van der Waals surface area contributed by atoms with Crippen LogP contribution in [0.3, 0.4) is 0 Å². The van der Waals surface area contributed by atoms with Gasteiger partial charge in [-0.25, -0.2) is 0 Å². The fourth-order valence-electron chi connectivity index (χ4n) is 0.803. The molecule has 0 fully saturated rings. The first-order valence-electron chi connectivity index (χ1n) is 3.35. The molecule has 64 valence electrons. The fraction of sp³-hybridized carbons (Fsp3) is 0. The molecule has 0 unspecified atom stereocenters. The third kappa shape index (κ3) is 2.21. The monoisotopic (exact) mass is 168 g/mol. The third-order valence-corrected chi connectivity index (χ3v) is 1.41. The average Bonchev–Trinajstić information content (AvgIpc) is 2.06. The van der Waals surface area contributed by atoms with Gasteiger partial charge in [-0.15, -0.1) is 5.59 Å². The van der Waals surface area contributed by atoms with E-state index in [1.165, 1.54) is 12.1 Å². The molecular weight excluding hydrogens is 159 g/mol. The van der Waals surface area contributed by atoms with Crippen LogP contribution in [0.15, 0.2) is 24.3 Å². The van der Waals surface area contributed by atoms with Gasteiger partial charge in [0.2, 0.25) is 0 Å². The minimum atomic E-state index is -1.46. The molecule has 0 aromatic heterocycles. The molecule has 12 heavy (non-hydrogen) atoms. The summed E-state index contributed by atoms with van der Waals surface area (Å²) in [6.45, 7) is 0. The molecule has 0 aliphatic rings. The second-order valence-corrected chi connectivity index (χ2v) is 2.23. The minimum Gasteiger partial charge on any atom is -0.423 e. The van der Waals surface area contributed by atoms with Gasteiger partial charge in [0.05, 0.1) is 5.69 Å². The summed E-state index contributed by atoms with van der Waals surface area (Å²) < 4.78 is 0. The Labute approximate surface area is 69.7 Å². The summed E-state index contributed by atoms with van der Waals surface area (Å²) in [5, 5.41) is 25.7. The van der Waals surface area contributed by atoms with Crippen molar-refractivity contribution in [1.29, 1.82) is 0 Å². The molecule has 0 saturated heterocycles. The summed E-state index contributed by atoms with van der Waals surface area (Å²) in [5.41, 5.74) is 5.20. The van der Waals surface area contributed by atoms with E-state index in [4.69, 9.17) is 15.3 Å². The summed E-state index contributed by atoms with van der Waals surface area (Å²) in [4.78, 5) is 0. The Balaban J connectivity index is 2.71. The van der Waals surface area contributed by atoms with Crippen molar-refractivity contribution in [3.8, 4) is 0 Å². The number of hydrogen-bond donors (Lipinski definition) is 5. The van der Waals surface area contributed by atoms with Crippen molar-refractivity contribution in [2.75, 3.05) is 5.43 Å². The maximum Gasteiger partial charge on any atom is 0.488 e. The van der Waals surface area contributed by atoms with Crippen LogP contribution in [0.25, 0.3) is 0 Å². The second kappa shape index (κ2) is 4.08. The van der Waals surface area contributed by atoms with Crippen LogP contribution in [0.4, 0.5) is 5.69 Å². The van der Waals surface area contributed by atoms with Gasteiger partial charge in [-0.1, -0.05) is 12.1 Å². The number of benzene rings is 1. The quantitative estimate of drug-likeness (QED) is 0.285. The zero-order valence-corrected chi connectivity index (χ0v) is 6.23. The molecule has 0 amide bonds. The molecule has 5 nitrogen and oxygen atoms in total. The van der Waals surface area contributed by atoms with Crippen molar-refractivity contribution in [2.24, 2.45) is 0 Å². The molecule has 0 heterocycles. The molecule has 0 aliphatic heterocycles. The lowest BCUT2D eigenvalue weighted by molar-refractivity contribution is 0.193. The maximum atomic E-state index is 8.71. The molecule has 1 aromatic carbocycles. The topological polar surface area (TPSA) is 84.8 Å². The number of anilines is 1.